The van der Waals surface area contributed by atoms with E-state index in [9.17, 15) is 17.6 Å². The van der Waals surface area contributed by atoms with Gasteiger partial charge in [-0.15, -0.1) is 0 Å². The van der Waals surface area contributed by atoms with E-state index >= 15 is 0 Å². The van der Waals surface area contributed by atoms with E-state index in [-0.39, 0.29) is 17.1 Å². The van der Waals surface area contributed by atoms with Crippen molar-refractivity contribution in [1.82, 2.24) is 4.31 Å². The first-order chi connectivity index (χ1) is 12.9. The molecule has 1 fully saturated rings. The molecule has 2 aromatic carbocycles. The second-order valence-electron chi connectivity index (χ2n) is 6.52. The molecule has 0 bridgehead atoms. The van der Waals surface area contributed by atoms with E-state index in [2.05, 4.69) is 10.6 Å². The topological polar surface area (TPSA) is 78.5 Å². The zero-order valence-corrected chi connectivity index (χ0v) is 15.9. The number of halogens is 1. The molecule has 1 aliphatic heterocycles. The molecule has 2 N–H and O–H groups in total. The van der Waals surface area contributed by atoms with Crippen molar-refractivity contribution in [2.45, 2.75) is 24.7 Å². The molecule has 0 atom stereocenters. The maximum atomic E-state index is 13.8. The highest BCUT2D eigenvalue weighted by molar-refractivity contribution is 7.89. The van der Waals surface area contributed by atoms with Crippen LogP contribution in [0.1, 0.15) is 18.4 Å². The van der Waals surface area contributed by atoms with Crippen molar-refractivity contribution in [3.8, 4) is 0 Å². The fourth-order valence-electron chi connectivity index (χ4n) is 2.96. The molecule has 8 heteroatoms. The standard InChI is InChI=1S/C19H22FN3O3S/c1-14-7-8-18(17(20)11-14)21-13-19(24)22-15-5-4-6-16(12-15)27(25,26)23-9-2-3-10-23/h4-8,11-12,21H,2-3,9-10,13H2,1H3,(H,22,24). The number of nitrogens with one attached hydrogen (secondary N) is 2. The van der Waals surface area contributed by atoms with Gasteiger partial charge in [0.2, 0.25) is 15.9 Å². The Kier molecular flexibility index (Phi) is 5.76. The smallest absolute Gasteiger partial charge is 0.243 e. The van der Waals surface area contributed by atoms with Crippen molar-refractivity contribution in [2.75, 3.05) is 30.3 Å². The maximum absolute atomic E-state index is 13.8. The van der Waals surface area contributed by atoms with Crippen LogP contribution in [0, 0.1) is 12.7 Å². The summed E-state index contributed by atoms with van der Waals surface area (Å²) in [6, 6.07) is 10.9. The van der Waals surface area contributed by atoms with Gasteiger partial charge in [-0.25, -0.2) is 12.8 Å². The number of anilines is 2. The lowest BCUT2D eigenvalue weighted by Gasteiger charge is -2.16. The Morgan fingerprint density at radius 3 is 2.59 bits per heavy atom. The quantitative estimate of drug-likeness (QED) is 0.794. The molecule has 6 nitrogen and oxygen atoms in total. The Morgan fingerprint density at radius 2 is 1.89 bits per heavy atom. The lowest BCUT2D eigenvalue weighted by molar-refractivity contribution is -0.114. The lowest BCUT2D eigenvalue weighted by Crippen LogP contribution is -2.28. The van der Waals surface area contributed by atoms with Crippen LogP contribution in [0.3, 0.4) is 0 Å². The largest absolute Gasteiger partial charge is 0.374 e. The molecule has 1 saturated heterocycles. The second kappa shape index (κ2) is 8.06. The van der Waals surface area contributed by atoms with E-state index in [1.165, 1.54) is 22.5 Å². The lowest BCUT2D eigenvalue weighted by atomic mass is 10.2. The first kappa shape index (κ1) is 19.3. The predicted molar refractivity (Wildman–Crippen MR) is 103 cm³/mol. The number of sulfonamides is 1. The highest BCUT2D eigenvalue weighted by Crippen LogP contribution is 2.23. The van der Waals surface area contributed by atoms with Crippen LogP contribution in [-0.4, -0.2) is 38.3 Å². The molecule has 27 heavy (non-hydrogen) atoms. The van der Waals surface area contributed by atoms with Gasteiger partial charge in [0.25, 0.3) is 0 Å². The number of amides is 1. The molecule has 2 aromatic rings. The Labute approximate surface area is 158 Å². The number of nitrogens with zero attached hydrogens (tertiary/aromatic N) is 1. The molecule has 1 amide bonds. The Bertz CT molecular complexity index is 941. The molecular formula is C19H22FN3O3S. The molecule has 3 rings (SSSR count). The van der Waals surface area contributed by atoms with E-state index in [1.807, 2.05) is 0 Å². The third-order valence-electron chi connectivity index (χ3n) is 4.38. The summed E-state index contributed by atoms with van der Waals surface area (Å²) in [6.07, 6.45) is 1.72. The number of hydrogen-bond donors (Lipinski definition) is 2. The molecule has 0 saturated carbocycles. The van der Waals surface area contributed by atoms with Gasteiger partial charge < -0.3 is 10.6 Å². The van der Waals surface area contributed by atoms with Gasteiger partial charge in [0.1, 0.15) is 5.82 Å². The van der Waals surface area contributed by atoms with Gasteiger partial charge in [0.15, 0.2) is 0 Å². The van der Waals surface area contributed by atoms with Crippen LogP contribution in [0.2, 0.25) is 0 Å². The van der Waals surface area contributed by atoms with E-state index < -0.39 is 21.7 Å². The summed E-state index contributed by atoms with van der Waals surface area (Å²) in [4.78, 5) is 12.3. The minimum atomic E-state index is -3.55. The SMILES string of the molecule is Cc1ccc(NCC(=O)Nc2cccc(S(=O)(=O)N3CCCC3)c2)c(F)c1. The number of carbonyl (C=O) groups is 1. The van der Waals surface area contributed by atoms with Crippen molar-refractivity contribution in [2.24, 2.45) is 0 Å². The van der Waals surface area contributed by atoms with Crippen molar-refractivity contribution in [1.29, 1.82) is 0 Å². The van der Waals surface area contributed by atoms with Crippen molar-refractivity contribution >= 4 is 27.3 Å². The molecular weight excluding hydrogens is 369 g/mol. The highest BCUT2D eigenvalue weighted by Gasteiger charge is 2.27. The van der Waals surface area contributed by atoms with Crippen LogP contribution in [0.25, 0.3) is 0 Å². The molecule has 0 radical (unpaired) electrons. The fraction of sp³-hybridized carbons (Fsp3) is 0.316. The van der Waals surface area contributed by atoms with Gasteiger partial charge in [-0.05, 0) is 55.7 Å². The van der Waals surface area contributed by atoms with Crippen LogP contribution in [-0.2, 0) is 14.8 Å². The monoisotopic (exact) mass is 391 g/mol. The Hall–Kier alpha value is -2.45. The number of aryl methyl sites for hydroxylation is 1. The molecule has 0 aliphatic carbocycles. The summed E-state index contributed by atoms with van der Waals surface area (Å²) < 4.78 is 40.5. The number of carbonyl (C=O) groups excluding carboxylic acids is 1. The van der Waals surface area contributed by atoms with E-state index in [4.69, 9.17) is 0 Å². The molecule has 0 unspecified atom stereocenters. The first-order valence-electron chi connectivity index (χ1n) is 8.76. The van der Waals surface area contributed by atoms with Gasteiger partial charge in [-0.3, -0.25) is 4.79 Å². The van der Waals surface area contributed by atoms with Crippen LogP contribution in [0.4, 0.5) is 15.8 Å². The van der Waals surface area contributed by atoms with Crippen molar-refractivity contribution < 1.29 is 17.6 Å². The zero-order chi connectivity index (χ0) is 19.4. The molecule has 0 aromatic heterocycles. The summed E-state index contributed by atoms with van der Waals surface area (Å²) in [5.74, 6) is -0.827. The molecule has 1 aliphatic rings. The summed E-state index contributed by atoms with van der Waals surface area (Å²) in [5.41, 5.74) is 1.41. The van der Waals surface area contributed by atoms with Gasteiger partial charge in [0.05, 0.1) is 17.1 Å². The van der Waals surface area contributed by atoms with Crippen molar-refractivity contribution in [3.63, 3.8) is 0 Å². The predicted octanol–water partition coefficient (Wildman–Crippen LogP) is 2.97. The van der Waals surface area contributed by atoms with Gasteiger partial charge >= 0.3 is 0 Å². The third kappa shape index (κ3) is 4.64. The number of hydrogen-bond acceptors (Lipinski definition) is 4. The minimum Gasteiger partial charge on any atom is -0.374 e. The van der Waals surface area contributed by atoms with Gasteiger partial charge in [-0.1, -0.05) is 12.1 Å². The fourth-order valence-corrected chi connectivity index (χ4v) is 4.52. The maximum Gasteiger partial charge on any atom is 0.243 e. The first-order valence-corrected chi connectivity index (χ1v) is 10.2. The van der Waals surface area contributed by atoms with Crippen LogP contribution in [0.5, 0.6) is 0 Å². The molecule has 0 spiro atoms. The average Bonchev–Trinajstić information content (AvgIpc) is 3.17. The Balaban J connectivity index is 1.64. The third-order valence-corrected chi connectivity index (χ3v) is 6.28. The zero-order valence-electron chi connectivity index (χ0n) is 15.0. The van der Waals surface area contributed by atoms with Crippen LogP contribution >= 0.6 is 0 Å². The Morgan fingerprint density at radius 1 is 1.15 bits per heavy atom. The van der Waals surface area contributed by atoms with E-state index in [0.717, 1.165) is 18.4 Å². The van der Waals surface area contributed by atoms with E-state index in [0.29, 0.717) is 18.8 Å². The average molecular weight is 391 g/mol. The molecule has 144 valence electrons. The normalized spacial score (nSPS) is 14.9. The highest BCUT2D eigenvalue weighted by atomic mass is 32.2. The minimum absolute atomic E-state index is 0.136. The molecule has 1 heterocycles. The number of benzene rings is 2. The summed E-state index contributed by atoms with van der Waals surface area (Å²) in [6.45, 7) is 2.68. The van der Waals surface area contributed by atoms with Gasteiger partial charge in [0, 0.05) is 18.8 Å². The van der Waals surface area contributed by atoms with E-state index in [1.54, 1.807) is 31.2 Å². The second-order valence-corrected chi connectivity index (χ2v) is 8.46. The van der Waals surface area contributed by atoms with Crippen molar-refractivity contribution in [3.05, 3.63) is 53.8 Å². The van der Waals surface area contributed by atoms with Crippen LogP contribution in [0.15, 0.2) is 47.4 Å². The summed E-state index contributed by atoms with van der Waals surface area (Å²) in [7, 11) is -3.55. The number of rotatable bonds is 6. The van der Waals surface area contributed by atoms with Gasteiger partial charge in [-0.2, -0.15) is 4.31 Å². The summed E-state index contributed by atoms with van der Waals surface area (Å²) >= 11 is 0. The summed E-state index contributed by atoms with van der Waals surface area (Å²) in [5, 5.41) is 5.38. The van der Waals surface area contributed by atoms with Crippen LogP contribution < -0.4 is 10.6 Å².